The van der Waals surface area contributed by atoms with E-state index in [1.807, 2.05) is 18.2 Å². The van der Waals surface area contributed by atoms with E-state index in [9.17, 15) is 0 Å². The molecule has 0 fully saturated rings. The van der Waals surface area contributed by atoms with E-state index in [1.165, 1.54) is 0 Å². The molecule has 1 aromatic rings. The van der Waals surface area contributed by atoms with Crippen LogP contribution < -0.4 is 0 Å². The Morgan fingerprint density at radius 1 is 1.35 bits per heavy atom. The van der Waals surface area contributed by atoms with Gasteiger partial charge in [0, 0.05) is 23.4 Å². The van der Waals surface area contributed by atoms with Gasteiger partial charge in [-0.3, -0.25) is 4.90 Å². The average molecular weight is 274 g/mol. The minimum absolute atomic E-state index is 0.295. The molecule has 96 valence electrons. The monoisotopic (exact) mass is 273 g/mol. The second kappa shape index (κ2) is 7.98. The smallest absolute Gasteiger partial charge is 0.0593 e. The first-order valence-electron chi connectivity index (χ1n) is 5.80. The highest BCUT2D eigenvalue weighted by atomic mass is 35.5. The Hall–Kier alpha value is -0.220. The molecule has 0 amide bonds. The normalized spacial score (nSPS) is 13.0. The Morgan fingerprint density at radius 3 is 2.71 bits per heavy atom. The summed E-state index contributed by atoms with van der Waals surface area (Å²) in [5.41, 5.74) is 1.16. The molecule has 0 saturated heterocycles. The van der Waals surface area contributed by atoms with Crippen LogP contribution in [0.2, 0.25) is 5.02 Å². The summed E-state index contributed by atoms with van der Waals surface area (Å²) in [5.74, 6) is 0.768. The summed E-state index contributed by atoms with van der Waals surface area (Å²) in [7, 11) is 2.08. The molecule has 0 aliphatic carbocycles. The number of benzene rings is 1. The van der Waals surface area contributed by atoms with Crippen molar-refractivity contribution in [3.05, 3.63) is 34.9 Å². The van der Waals surface area contributed by atoms with Crippen molar-refractivity contribution < 1.29 is 4.74 Å². The lowest BCUT2D eigenvalue weighted by Gasteiger charge is -2.25. The van der Waals surface area contributed by atoms with Crippen LogP contribution in [-0.2, 0) is 4.74 Å². The molecule has 0 heterocycles. The fourth-order valence-electron chi connectivity index (χ4n) is 1.62. The fraction of sp³-hybridized carbons (Fsp3) is 0.538. The van der Waals surface area contributed by atoms with Gasteiger partial charge in [-0.25, -0.2) is 0 Å². The van der Waals surface area contributed by atoms with Crippen LogP contribution in [0.25, 0.3) is 0 Å². The molecule has 17 heavy (non-hydrogen) atoms. The largest absolute Gasteiger partial charge is 0.379 e. The average Bonchev–Trinajstić information content (AvgIpc) is 2.34. The van der Waals surface area contributed by atoms with Gasteiger partial charge in [-0.1, -0.05) is 29.8 Å². The maximum absolute atomic E-state index is 6.18. The van der Waals surface area contributed by atoms with Crippen LogP contribution in [0.1, 0.15) is 18.5 Å². The summed E-state index contributed by atoms with van der Waals surface area (Å²) in [6.07, 6.45) is 0. The van der Waals surface area contributed by atoms with E-state index >= 15 is 0 Å². The first-order valence-corrected chi connectivity index (χ1v) is 6.81. The highest BCUT2D eigenvalue weighted by molar-refractivity contribution is 7.80. The van der Waals surface area contributed by atoms with Crippen molar-refractivity contribution in [2.24, 2.45) is 0 Å². The van der Waals surface area contributed by atoms with Crippen LogP contribution >= 0.6 is 24.2 Å². The minimum Gasteiger partial charge on any atom is -0.379 e. The third-order valence-electron chi connectivity index (χ3n) is 2.84. The lowest BCUT2D eigenvalue weighted by atomic mass is 10.1. The summed E-state index contributed by atoms with van der Waals surface area (Å²) in [4.78, 5) is 2.24. The Bertz CT molecular complexity index is 335. The van der Waals surface area contributed by atoms with Crippen LogP contribution in [0, 0.1) is 0 Å². The molecule has 0 N–H and O–H groups in total. The molecule has 1 unspecified atom stereocenters. The zero-order chi connectivity index (χ0) is 12.7. The highest BCUT2D eigenvalue weighted by Crippen LogP contribution is 2.25. The summed E-state index contributed by atoms with van der Waals surface area (Å²) in [5, 5.41) is 0.822. The molecule has 1 rings (SSSR count). The van der Waals surface area contributed by atoms with Crippen LogP contribution in [0.5, 0.6) is 0 Å². The number of hydrogen-bond donors (Lipinski definition) is 1. The van der Waals surface area contributed by atoms with E-state index in [0.717, 1.165) is 29.5 Å². The molecule has 4 heteroatoms. The molecule has 0 bridgehead atoms. The molecule has 0 saturated carbocycles. The van der Waals surface area contributed by atoms with Crippen molar-refractivity contribution >= 4 is 24.2 Å². The highest BCUT2D eigenvalue weighted by Gasteiger charge is 2.13. The molecular weight excluding hydrogens is 254 g/mol. The van der Waals surface area contributed by atoms with Crippen LogP contribution in [0.15, 0.2) is 24.3 Å². The van der Waals surface area contributed by atoms with Gasteiger partial charge in [-0.2, -0.15) is 12.6 Å². The molecule has 0 radical (unpaired) electrons. The second-order valence-electron chi connectivity index (χ2n) is 4.01. The van der Waals surface area contributed by atoms with Crippen LogP contribution in [-0.4, -0.2) is 37.5 Å². The van der Waals surface area contributed by atoms with Crippen molar-refractivity contribution in [3.8, 4) is 0 Å². The van der Waals surface area contributed by atoms with Crippen molar-refractivity contribution in [2.75, 3.05) is 32.6 Å². The molecule has 1 aromatic carbocycles. The van der Waals surface area contributed by atoms with E-state index in [-0.39, 0.29) is 0 Å². The first kappa shape index (κ1) is 14.8. The number of halogens is 1. The summed E-state index contributed by atoms with van der Waals surface area (Å²) < 4.78 is 5.42. The summed E-state index contributed by atoms with van der Waals surface area (Å²) in [6.45, 7) is 4.48. The molecule has 0 aliphatic rings. The number of hydrogen-bond acceptors (Lipinski definition) is 3. The molecule has 0 aromatic heterocycles. The zero-order valence-corrected chi connectivity index (χ0v) is 12.0. The third-order valence-corrected chi connectivity index (χ3v) is 3.37. The SMILES string of the molecule is CC(c1ccccc1Cl)N(C)CCOCCS. The van der Waals surface area contributed by atoms with E-state index in [1.54, 1.807) is 0 Å². The number of thiol groups is 1. The number of ether oxygens (including phenoxy) is 1. The maximum Gasteiger partial charge on any atom is 0.0593 e. The van der Waals surface area contributed by atoms with Gasteiger partial charge in [0.2, 0.25) is 0 Å². The van der Waals surface area contributed by atoms with Gasteiger partial charge in [-0.15, -0.1) is 0 Å². The Kier molecular flexibility index (Phi) is 6.97. The van der Waals surface area contributed by atoms with Gasteiger partial charge >= 0.3 is 0 Å². The van der Waals surface area contributed by atoms with Gasteiger partial charge in [-0.05, 0) is 25.6 Å². The van der Waals surface area contributed by atoms with E-state index < -0.39 is 0 Å². The topological polar surface area (TPSA) is 12.5 Å². The summed E-state index contributed by atoms with van der Waals surface area (Å²) in [6, 6.07) is 8.26. The van der Waals surface area contributed by atoms with Gasteiger partial charge in [0.05, 0.1) is 13.2 Å². The Labute approximate surface area is 114 Å². The Morgan fingerprint density at radius 2 is 2.06 bits per heavy atom. The standard InChI is InChI=1S/C13H20ClNOS/c1-11(12-5-3-4-6-13(12)14)15(2)7-8-16-9-10-17/h3-6,11,17H,7-10H2,1-2H3. The predicted octanol–water partition coefficient (Wildman–Crippen LogP) is 3.28. The summed E-state index contributed by atoms with van der Waals surface area (Å²) >= 11 is 10.3. The van der Waals surface area contributed by atoms with E-state index in [4.69, 9.17) is 16.3 Å². The van der Waals surface area contributed by atoms with Crippen LogP contribution in [0.4, 0.5) is 0 Å². The molecule has 1 atom stereocenters. The molecular formula is C13H20ClNOS. The van der Waals surface area contributed by atoms with Crippen molar-refractivity contribution in [1.82, 2.24) is 4.90 Å². The van der Waals surface area contributed by atoms with Crippen molar-refractivity contribution in [2.45, 2.75) is 13.0 Å². The van der Waals surface area contributed by atoms with Gasteiger partial charge < -0.3 is 4.74 Å². The van der Waals surface area contributed by atoms with Gasteiger partial charge in [0.15, 0.2) is 0 Å². The van der Waals surface area contributed by atoms with Crippen molar-refractivity contribution in [1.29, 1.82) is 0 Å². The quantitative estimate of drug-likeness (QED) is 0.605. The third kappa shape index (κ3) is 4.88. The van der Waals surface area contributed by atoms with Gasteiger partial charge in [0.25, 0.3) is 0 Å². The lowest BCUT2D eigenvalue weighted by Crippen LogP contribution is -2.26. The molecule has 0 spiro atoms. The molecule has 0 aliphatic heterocycles. The Balaban J connectivity index is 2.46. The maximum atomic E-state index is 6.18. The predicted molar refractivity (Wildman–Crippen MR) is 77.2 cm³/mol. The zero-order valence-electron chi connectivity index (χ0n) is 10.4. The number of rotatable bonds is 7. The molecule has 2 nitrogen and oxygen atoms in total. The van der Waals surface area contributed by atoms with Crippen molar-refractivity contribution in [3.63, 3.8) is 0 Å². The lowest BCUT2D eigenvalue weighted by molar-refractivity contribution is 0.112. The fourth-order valence-corrected chi connectivity index (χ4v) is 2.04. The van der Waals surface area contributed by atoms with Gasteiger partial charge in [0.1, 0.15) is 0 Å². The van der Waals surface area contributed by atoms with E-state index in [2.05, 4.69) is 37.6 Å². The number of nitrogens with zero attached hydrogens (tertiary/aromatic N) is 1. The minimum atomic E-state index is 0.295. The number of likely N-dealkylation sites (N-methyl/N-ethyl adjacent to an activating group) is 1. The second-order valence-corrected chi connectivity index (χ2v) is 4.87. The first-order chi connectivity index (χ1) is 8.16. The van der Waals surface area contributed by atoms with E-state index in [0.29, 0.717) is 12.6 Å². The van der Waals surface area contributed by atoms with Crippen LogP contribution in [0.3, 0.4) is 0 Å².